The molecule has 36 heavy (non-hydrogen) atoms. The molecule has 1 atom stereocenters. The minimum Gasteiger partial charge on any atom is -0.507 e. The van der Waals surface area contributed by atoms with Gasteiger partial charge in [-0.1, -0.05) is 60.2 Å². The molecule has 1 amide bonds. The zero-order valence-electron chi connectivity index (χ0n) is 19.8. The summed E-state index contributed by atoms with van der Waals surface area (Å²) in [4.78, 5) is 27.6. The van der Waals surface area contributed by atoms with Crippen LogP contribution in [-0.4, -0.2) is 21.7 Å². The van der Waals surface area contributed by atoms with E-state index in [4.69, 9.17) is 9.15 Å². The van der Waals surface area contributed by atoms with Crippen molar-refractivity contribution in [1.29, 1.82) is 0 Å². The van der Waals surface area contributed by atoms with Crippen LogP contribution in [0.2, 0.25) is 0 Å². The van der Waals surface area contributed by atoms with Crippen molar-refractivity contribution in [3.8, 4) is 5.75 Å². The van der Waals surface area contributed by atoms with Crippen molar-refractivity contribution < 1.29 is 23.8 Å². The lowest BCUT2D eigenvalue weighted by atomic mass is 9.95. The molecule has 1 aliphatic heterocycles. The number of ketones is 1. The molecule has 0 saturated carbocycles. The molecule has 6 heteroatoms. The highest BCUT2D eigenvalue weighted by Gasteiger charge is 2.46. The molecular weight excluding hydrogens is 454 g/mol. The number of nitrogens with zero attached hydrogens (tertiary/aromatic N) is 1. The molecule has 5 rings (SSSR count). The number of aryl methyl sites for hydroxylation is 1. The molecule has 0 bridgehead atoms. The van der Waals surface area contributed by atoms with Gasteiger partial charge in [-0.05, 0) is 54.4 Å². The Morgan fingerprint density at radius 2 is 1.72 bits per heavy atom. The molecule has 1 aromatic heterocycles. The second-order valence-electron chi connectivity index (χ2n) is 8.72. The van der Waals surface area contributed by atoms with Crippen molar-refractivity contribution in [2.45, 2.75) is 26.1 Å². The quantitative estimate of drug-likeness (QED) is 0.206. The fraction of sp³-hybridized carbons (Fsp3) is 0.133. The van der Waals surface area contributed by atoms with Crippen LogP contribution < -0.4 is 4.74 Å². The standard InChI is InChI=1S/C30H25NO5/c1-20-7-5-8-21(17-20)19-36-24-14-12-23(13-15-24)28(32)26-27(22-9-3-2-4-10-22)31(30(34)29(26)33)18-25-11-6-16-35-25/h2-17,27,32H,18-19H2,1H3/b28-26+/t27-/m1/s1. The van der Waals surface area contributed by atoms with E-state index in [1.807, 2.05) is 55.5 Å². The average molecular weight is 480 g/mol. The minimum atomic E-state index is -0.742. The third-order valence-corrected chi connectivity index (χ3v) is 6.18. The number of carbonyl (C=O) groups excluding carboxylic acids is 2. The Kier molecular flexibility index (Phi) is 6.41. The van der Waals surface area contributed by atoms with E-state index < -0.39 is 17.7 Å². The fourth-order valence-electron chi connectivity index (χ4n) is 4.43. The Bertz CT molecular complexity index is 1410. The van der Waals surface area contributed by atoms with Crippen LogP contribution in [0.1, 0.15) is 34.1 Å². The number of rotatable bonds is 7. The van der Waals surface area contributed by atoms with Crippen molar-refractivity contribution in [2.75, 3.05) is 0 Å². The molecule has 0 aliphatic carbocycles. The predicted octanol–water partition coefficient (Wildman–Crippen LogP) is 5.79. The summed E-state index contributed by atoms with van der Waals surface area (Å²) in [7, 11) is 0. The first-order valence-corrected chi connectivity index (χ1v) is 11.7. The molecular formula is C30H25NO5. The third-order valence-electron chi connectivity index (χ3n) is 6.18. The largest absolute Gasteiger partial charge is 0.507 e. The second kappa shape index (κ2) is 9.96. The maximum absolute atomic E-state index is 13.1. The summed E-state index contributed by atoms with van der Waals surface area (Å²) in [6.07, 6.45) is 1.52. The molecule has 6 nitrogen and oxygen atoms in total. The van der Waals surface area contributed by atoms with Gasteiger partial charge in [0.25, 0.3) is 11.7 Å². The average Bonchev–Trinajstić information content (AvgIpc) is 3.50. The van der Waals surface area contributed by atoms with Gasteiger partial charge in [0.2, 0.25) is 0 Å². The first kappa shape index (κ1) is 23.2. The molecule has 0 unspecified atom stereocenters. The molecule has 4 aromatic rings. The first-order chi connectivity index (χ1) is 17.5. The first-order valence-electron chi connectivity index (χ1n) is 11.7. The summed E-state index contributed by atoms with van der Waals surface area (Å²) in [5.41, 5.74) is 3.42. The van der Waals surface area contributed by atoms with E-state index in [1.54, 1.807) is 36.4 Å². The number of ether oxygens (including phenoxy) is 1. The molecule has 1 saturated heterocycles. The number of amides is 1. The van der Waals surface area contributed by atoms with Crippen molar-refractivity contribution in [2.24, 2.45) is 0 Å². The summed E-state index contributed by atoms with van der Waals surface area (Å²) in [6, 6.07) is 26.8. The van der Waals surface area contributed by atoms with Crippen LogP contribution in [0.25, 0.3) is 5.76 Å². The molecule has 180 valence electrons. The molecule has 1 aliphatic rings. The summed E-state index contributed by atoms with van der Waals surface area (Å²) >= 11 is 0. The zero-order valence-corrected chi connectivity index (χ0v) is 19.8. The van der Waals surface area contributed by atoms with E-state index in [0.29, 0.717) is 23.7 Å². The van der Waals surface area contributed by atoms with Gasteiger partial charge in [0.05, 0.1) is 24.4 Å². The van der Waals surface area contributed by atoms with Crippen LogP contribution in [0.3, 0.4) is 0 Å². The van der Waals surface area contributed by atoms with Crippen LogP contribution in [-0.2, 0) is 22.7 Å². The van der Waals surface area contributed by atoms with Gasteiger partial charge in [-0.25, -0.2) is 0 Å². The van der Waals surface area contributed by atoms with Crippen molar-refractivity contribution in [3.05, 3.63) is 131 Å². The highest BCUT2D eigenvalue weighted by atomic mass is 16.5. The molecule has 0 spiro atoms. The van der Waals surface area contributed by atoms with E-state index >= 15 is 0 Å². The lowest BCUT2D eigenvalue weighted by molar-refractivity contribution is -0.140. The number of aliphatic hydroxyl groups excluding tert-OH is 1. The molecule has 0 radical (unpaired) electrons. The molecule has 1 N–H and O–H groups in total. The lowest BCUT2D eigenvalue weighted by Gasteiger charge is -2.24. The zero-order chi connectivity index (χ0) is 25.1. The third kappa shape index (κ3) is 4.66. The number of hydrogen-bond acceptors (Lipinski definition) is 5. The van der Waals surface area contributed by atoms with E-state index in [9.17, 15) is 14.7 Å². The van der Waals surface area contributed by atoms with Gasteiger partial charge < -0.3 is 19.2 Å². The van der Waals surface area contributed by atoms with Crippen LogP contribution in [0, 0.1) is 6.92 Å². The number of Topliss-reactive ketones (excluding diaryl/α,β-unsaturated/α-hetero) is 1. The number of hydrogen-bond donors (Lipinski definition) is 1. The van der Waals surface area contributed by atoms with E-state index in [1.165, 1.54) is 11.2 Å². The van der Waals surface area contributed by atoms with Gasteiger partial charge >= 0.3 is 0 Å². The Balaban J connectivity index is 1.45. The van der Waals surface area contributed by atoms with Gasteiger partial charge in [0.1, 0.15) is 23.9 Å². The summed E-state index contributed by atoms with van der Waals surface area (Å²) < 4.78 is 11.3. The van der Waals surface area contributed by atoms with Gasteiger partial charge in [-0.3, -0.25) is 9.59 Å². The monoisotopic (exact) mass is 479 g/mol. The second-order valence-corrected chi connectivity index (χ2v) is 8.72. The van der Waals surface area contributed by atoms with Crippen LogP contribution in [0.4, 0.5) is 0 Å². The van der Waals surface area contributed by atoms with Crippen LogP contribution >= 0.6 is 0 Å². The Morgan fingerprint density at radius 1 is 0.944 bits per heavy atom. The van der Waals surface area contributed by atoms with E-state index in [0.717, 1.165) is 16.7 Å². The smallest absolute Gasteiger partial charge is 0.296 e. The number of carbonyl (C=O) groups is 2. The molecule has 2 heterocycles. The van der Waals surface area contributed by atoms with Gasteiger partial charge in [0.15, 0.2) is 0 Å². The number of likely N-dealkylation sites (tertiary alicyclic amines) is 1. The molecule has 3 aromatic carbocycles. The highest BCUT2D eigenvalue weighted by Crippen LogP contribution is 2.40. The normalized spacial score (nSPS) is 16.9. The Hall–Kier alpha value is -4.58. The van der Waals surface area contributed by atoms with E-state index in [2.05, 4.69) is 6.07 Å². The van der Waals surface area contributed by atoms with Crippen LogP contribution in [0.15, 0.2) is 107 Å². The van der Waals surface area contributed by atoms with Crippen molar-refractivity contribution in [1.82, 2.24) is 4.90 Å². The molecule has 1 fully saturated rings. The number of furan rings is 1. The highest BCUT2D eigenvalue weighted by molar-refractivity contribution is 6.46. The van der Waals surface area contributed by atoms with Gasteiger partial charge in [-0.2, -0.15) is 0 Å². The van der Waals surface area contributed by atoms with E-state index in [-0.39, 0.29) is 17.9 Å². The topological polar surface area (TPSA) is 80.0 Å². The predicted molar refractivity (Wildman–Crippen MR) is 135 cm³/mol. The van der Waals surface area contributed by atoms with Gasteiger partial charge in [-0.15, -0.1) is 0 Å². The summed E-state index contributed by atoms with van der Waals surface area (Å²) in [6.45, 7) is 2.56. The summed E-state index contributed by atoms with van der Waals surface area (Å²) in [5, 5.41) is 11.2. The van der Waals surface area contributed by atoms with Crippen molar-refractivity contribution >= 4 is 17.4 Å². The summed E-state index contributed by atoms with van der Waals surface area (Å²) in [5.74, 6) is -0.458. The van der Waals surface area contributed by atoms with Gasteiger partial charge in [0, 0.05) is 5.56 Å². The minimum absolute atomic E-state index is 0.0474. The fourth-order valence-corrected chi connectivity index (χ4v) is 4.43. The number of benzene rings is 3. The van der Waals surface area contributed by atoms with Crippen molar-refractivity contribution in [3.63, 3.8) is 0 Å². The number of aliphatic hydroxyl groups is 1. The SMILES string of the molecule is Cc1cccc(COc2ccc(/C(O)=C3\C(=O)C(=O)N(Cc4ccco4)[C@@H]3c3ccccc3)cc2)c1. The maximum atomic E-state index is 13.1. The Labute approximate surface area is 209 Å². The lowest BCUT2D eigenvalue weighted by Crippen LogP contribution is -2.29. The Morgan fingerprint density at radius 3 is 2.42 bits per heavy atom. The maximum Gasteiger partial charge on any atom is 0.296 e. The van der Waals surface area contributed by atoms with Crippen LogP contribution in [0.5, 0.6) is 5.75 Å².